The van der Waals surface area contributed by atoms with Crippen LogP contribution in [0.5, 0.6) is 0 Å². The molecule has 28 rings (SSSR count). The van der Waals surface area contributed by atoms with E-state index >= 15 is 0 Å². The normalized spacial score (nSPS) is 13.8. The van der Waals surface area contributed by atoms with Crippen LogP contribution < -0.4 is 9.80 Å². The highest BCUT2D eigenvalue weighted by Gasteiger charge is 2.42. The van der Waals surface area contributed by atoms with E-state index in [1.165, 1.54) is 200 Å². The van der Waals surface area contributed by atoms with Gasteiger partial charge in [-0.3, -0.25) is 0 Å². The quantitative estimate of drug-likeness (QED) is 0.109. The Morgan fingerprint density at radius 2 is 0.340 bits per heavy atom. The van der Waals surface area contributed by atoms with Crippen LogP contribution in [-0.2, 0) is 21.7 Å². The summed E-state index contributed by atoms with van der Waals surface area (Å²) in [6.45, 7) is 19.1. The number of furan rings is 2. The van der Waals surface area contributed by atoms with Gasteiger partial charge in [0.25, 0.3) is 0 Å². The van der Waals surface area contributed by atoms with Crippen LogP contribution in [0.25, 0.3) is 199 Å². The zero-order chi connectivity index (χ0) is 96.6. The molecule has 4 aliphatic rings. The maximum atomic E-state index is 6.14. The number of rotatable bonds is 14. The van der Waals surface area contributed by atoms with E-state index in [0.717, 1.165) is 78.0 Å². The van der Waals surface area contributed by atoms with Gasteiger partial charge in [-0.15, -0.1) is 0 Å². The SMILES string of the molecule is CC1(C)c2cc(-c3ccc4ccccc4c3)ccc2-c2ccc(N(c3ccc(-c4ccc(-c5ccc6oc7ccccc7c6c5)cc4)cc3)c3ccc4c(c3)C(C)(C)c3cc(-c5ccc6ccccc6c5)ccc3-4)cc21.CC1(C)c2cc(-c3ccccc3)ccc2-c2ccc(N(c3ccc(-c4ccc(-c5ccc6oc7ccccc7c6c5)cc4)cc3)c3ccc4c(c3)C(C)(C)c3cc(-c5ccccc5)ccc3-4)cc21. The van der Waals surface area contributed by atoms with Gasteiger partial charge in [0.05, 0.1) is 0 Å². The Balaban J connectivity index is 0.000000144. The Bertz CT molecular complexity index is 9010. The third kappa shape index (κ3) is 14.2. The van der Waals surface area contributed by atoms with Crippen molar-refractivity contribution in [2.45, 2.75) is 77.0 Å². The standard InChI is InChI=1S/C74H53NO.C66H49NO/c1-73(2)67-42-56(53-23-21-46-11-5-7-13-51(46)39-53)27-34-61(67)63-36-32-59(44-69(63)73)75(58-30-25-49(26-31-58)48-17-19-50(20-18-48)55-29-38-72-66(41-55)65-15-9-10-16-71(65)76-72)60-33-37-64-62-35-28-57(43-68(62)74(3,4)70(64)45-60)54-24-22-47-12-6-8-14-52(47)40-54;1-65(2)59-38-48(42-13-7-5-8-14-42)25-32-53(59)55-34-30-51(40-61(55)65)67(52-31-35-56-54-33-26-49(43-15-9-6-10-16-43)39-60(54)66(3,4)62(56)41-52)50-28-23-45(24-29-50)44-19-21-46(22-20-44)47-27-36-64-58(37-47)57-17-11-12-18-63(57)68-64/h5-45H,1-4H3;5-41H,1-4H3. The van der Waals surface area contributed by atoms with Crippen LogP contribution >= 0.6 is 0 Å². The van der Waals surface area contributed by atoms with Gasteiger partial charge in [-0.25, -0.2) is 0 Å². The molecule has 0 saturated heterocycles. The molecule has 0 bridgehead atoms. The molecule has 0 unspecified atom stereocenters. The second-order valence-corrected chi connectivity index (χ2v) is 41.9. The van der Waals surface area contributed by atoms with Crippen molar-refractivity contribution in [1.29, 1.82) is 0 Å². The van der Waals surface area contributed by atoms with Gasteiger partial charge in [-0.2, -0.15) is 0 Å². The van der Waals surface area contributed by atoms with Gasteiger partial charge in [0.2, 0.25) is 0 Å². The highest BCUT2D eigenvalue weighted by atomic mass is 16.3. The van der Waals surface area contributed by atoms with E-state index < -0.39 is 0 Å². The van der Waals surface area contributed by atoms with Crippen LogP contribution in [-0.4, -0.2) is 0 Å². The molecule has 4 nitrogen and oxygen atoms in total. The molecule has 0 spiro atoms. The largest absolute Gasteiger partial charge is 0.456 e. The maximum absolute atomic E-state index is 6.14. The molecule has 0 amide bonds. The molecular formula is C140H102N2O2. The number of para-hydroxylation sites is 2. The minimum Gasteiger partial charge on any atom is -0.456 e. The van der Waals surface area contributed by atoms with E-state index in [1.807, 2.05) is 24.3 Å². The van der Waals surface area contributed by atoms with Gasteiger partial charge >= 0.3 is 0 Å². The summed E-state index contributed by atoms with van der Waals surface area (Å²) in [4.78, 5) is 4.94. The Morgan fingerprint density at radius 3 is 0.660 bits per heavy atom. The Labute approximate surface area is 840 Å². The second-order valence-electron chi connectivity index (χ2n) is 41.9. The average Bonchev–Trinajstić information content (AvgIpc) is 1.57. The van der Waals surface area contributed by atoms with Crippen LogP contribution in [0, 0.1) is 0 Å². The van der Waals surface area contributed by atoms with Crippen molar-refractivity contribution in [1.82, 2.24) is 0 Å². The fourth-order valence-corrected chi connectivity index (χ4v) is 24.2. The highest BCUT2D eigenvalue weighted by Crippen LogP contribution is 2.59. The van der Waals surface area contributed by atoms with Crippen molar-refractivity contribution < 1.29 is 8.83 Å². The molecule has 2 aromatic heterocycles. The number of hydrogen-bond donors (Lipinski definition) is 0. The molecule has 684 valence electrons. The molecule has 4 aliphatic carbocycles. The van der Waals surface area contributed by atoms with Crippen molar-refractivity contribution in [3.63, 3.8) is 0 Å². The molecule has 0 aliphatic heterocycles. The fraction of sp³-hybridized carbons (Fsp3) is 0.0857. The third-order valence-corrected chi connectivity index (χ3v) is 32.2. The van der Waals surface area contributed by atoms with Crippen LogP contribution in [0.15, 0.2) is 482 Å². The fourth-order valence-electron chi connectivity index (χ4n) is 24.2. The lowest BCUT2D eigenvalue weighted by atomic mass is 9.81. The molecule has 144 heavy (non-hydrogen) atoms. The van der Waals surface area contributed by atoms with Gasteiger partial charge in [-0.05, 0) is 345 Å². The predicted molar refractivity (Wildman–Crippen MR) is 606 cm³/mol. The summed E-state index contributed by atoms with van der Waals surface area (Å²) in [7, 11) is 0. The van der Waals surface area contributed by atoms with Crippen LogP contribution in [0.1, 0.15) is 99.9 Å². The van der Waals surface area contributed by atoms with E-state index in [4.69, 9.17) is 8.83 Å². The van der Waals surface area contributed by atoms with Crippen LogP contribution in [0.2, 0.25) is 0 Å². The van der Waals surface area contributed by atoms with E-state index in [0.29, 0.717) is 0 Å². The van der Waals surface area contributed by atoms with E-state index in [1.54, 1.807) is 0 Å². The van der Waals surface area contributed by atoms with Crippen LogP contribution in [0.3, 0.4) is 0 Å². The average molecular weight is 1840 g/mol. The molecule has 0 atom stereocenters. The number of benzene rings is 22. The Morgan fingerprint density at radius 1 is 0.139 bits per heavy atom. The smallest absolute Gasteiger partial charge is 0.135 e. The number of hydrogen-bond acceptors (Lipinski definition) is 4. The van der Waals surface area contributed by atoms with Gasteiger partial charge in [0.15, 0.2) is 0 Å². The van der Waals surface area contributed by atoms with Crippen molar-refractivity contribution in [3.8, 4) is 134 Å². The first-order chi connectivity index (χ1) is 70.3. The van der Waals surface area contributed by atoms with Crippen molar-refractivity contribution in [3.05, 3.63) is 518 Å². The summed E-state index contributed by atoms with van der Waals surface area (Å²) < 4.78 is 12.3. The first kappa shape index (κ1) is 85.7. The predicted octanol–water partition coefficient (Wildman–Crippen LogP) is 39.0. The van der Waals surface area contributed by atoms with E-state index in [9.17, 15) is 0 Å². The van der Waals surface area contributed by atoms with Gasteiger partial charge in [0, 0.05) is 77.3 Å². The number of fused-ring (bicyclic) bond motifs is 20. The molecule has 0 saturated carbocycles. The third-order valence-electron chi connectivity index (χ3n) is 32.2. The van der Waals surface area contributed by atoms with Crippen LogP contribution in [0.4, 0.5) is 34.1 Å². The second kappa shape index (κ2) is 33.1. The van der Waals surface area contributed by atoms with Crippen molar-refractivity contribution in [2.75, 3.05) is 9.80 Å². The van der Waals surface area contributed by atoms with Gasteiger partial charge in [0.1, 0.15) is 22.3 Å². The number of anilines is 6. The summed E-state index contributed by atoms with van der Waals surface area (Å²) in [6.07, 6.45) is 0. The molecule has 4 heteroatoms. The topological polar surface area (TPSA) is 32.8 Å². The first-order valence-electron chi connectivity index (χ1n) is 50.4. The molecule has 22 aromatic carbocycles. The van der Waals surface area contributed by atoms with E-state index in [2.05, 4.69) is 514 Å². The first-order valence-corrected chi connectivity index (χ1v) is 50.4. The maximum Gasteiger partial charge on any atom is 0.135 e. The Hall–Kier alpha value is -17.4. The highest BCUT2D eigenvalue weighted by molar-refractivity contribution is 6.08. The molecule has 0 radical (unpaired) electrons. The molecule has 24 aromatic rings. The summed E-state index contributed by atoms with van der Waals surface area (Å²) in [5, 5.41) is 9.62. The van der Waals surface area contributed by atoms with E-state index in [-0.39, 0.29) is 21.7 Å². The lowest BCUT2D eigenvalue weighted by Crippen LogP contribution is -2.18. The van der Waals surface area contributed by atoms with Gasteiger partial charge in [-0.1, -0.05) is 383 Å². The summed E-state index contributed by atoms with van der Waals surface area (Å²) in [5.41, 5.74) is 50.4. The minimum atomic E-state index is -0.225. The summed E-state index contributed by atoms with van der Waals surface area (Å²) >= 11 is 0. The molecule has 2 heterocycles. The van der Waals surface area contributed by atoms with Crippen molar-refractivity contribution >= 4 is 99.5 Å². The zero-order valence-corrected chi connectivity index (χ0v) is 81.7. The lowest BCUT2D eigenvalue weighted by molar-refractivity contribution is 0.660. The molecule has 0 N–H and O–H groups in total. The molecule has 0 fully saturated rings. The monoisotopic (exact) mass is 1840 g/mol. The lowest BCUT2D eigenvalue weighted by Gasteiger charge is -2.30. The van der Waals surface area contributed by atoms with Crippen molar-refractivity contribution in [2.24, 2.45) is 0 Å². The van der Waals surface area contributed by atoms with Gasteiger partial charge < -0.3 is 18.6 Å². The minimum absolute atomic E-state index is 0.191. The molecular weight excluding hydrogens is 1740 g/mol. The zero-order valence-electron chi connectivity index (χ0n) is 81.7. The number of nitrogens with zero attached hydrogens (tertiary/aromatic N) is 2. The Kier molecular flexibility index (Phi) is 19.7. The summed E-state index contributed by atoms with van der Waals surface area (Å²) in [5.74, 6) is 0. The summed E-state index contributed by atoms with van der Waals surface area (Å²) in [6, 6.07) is 175.